The minimum Gasteiger partial charge on any atom is -0.354 e. The molecule has 2 heterocycles. The van der Waals surface area contributed by atoms with Gasteiger partial charge in [-0.25, -0.2) is 0 Å². The number of fused-ring (bicyclic) bond motifs is 4. The van der Waals surface area contributed by atoms with Gasteiger partial charge < -0.3 is 4.98 Å². The fourth-order valence-corrected chi connectivity index (χ4v) is 5.55. The zero-order valence-electron chi connectivity index (χ0n) is 12.0. The van der Waals surface area contributed by atoms with Crippen molar-refractivity contribution in [3.05, 3.63) is 59.1 Å². The molecule has 1 N–H and O–H groups in total. The van der Waals surface area contributed by atoms with E-state index in [4.69, 9.17) is 0 Å². The van der Waals surface area contributed by atoms with Crippen LogP contribution in [-0.4, -0.2) is 4.98 Å². The van der Waals surface area contributed by atoms with Gasteiger partial charge in [0.15, 0.2) is 0 Å². The Bertz CT molecular complexity index is 1370. The molecule has 0 unspecified atom stereocenters. The molecular weight excluding hydrogens is 366 g/mol. The molecule has 0 aliphatic carbocycles. The first-order valence-corrected chi connectivity index (χ1v) is 9.18. The summed E-state index contributed by atoms with van der Waals surface area (Å²) in [6, 6.07) is 19.9. The summed E-state index contributed by atoms with van der Waals surface area (Å²) < 4.78 is 3.87. The van der Waals surface area contributed by atoms with Gasteiger partial charge in [-0.1, -0.05) is 46.3 Å². The molecule has 23 heavy (non-hydrogen) atoms. The van der Waals surface area contributed by atoms with Crippen LogP contribution >= 0.6 is 27.3 Å². The Morgan fingerprint density at radius 2 is 1.65 bits per heavy atom. The van der Waals surface area contributed by atoms with Crippen LogP contribution in [0.25, 0.3) is 52.8 Å². The standard InChI is InChI=1S/C20H10BrNS/c21-11-7-10-5-6-13-19-16(22-15(8-11)18(10)19)9-14-12-3-1-2-4-17(12)23-20(13)14/h1-9,22H. The number of halogens is 1. The van der Waals surface area contributed by atoms with Crippen LogP contribution in [0.4, 0.5) is 0 Å². The quantitative estimate of drug-likeness (QED) is 0.274. The molecule has 4 aromatic carbocycles. The Morgan fingerprint density at radius 3 is 2.61 bits per heavy atom. The molecule has 0 aliphatic rings. The number of aromatic amines is 1. The van der Waals surface area contributed by atoms with Gasteiger partial charge in [0, 0.05) is 51.8 Å². The minimum absolute atomic E-state index is 1.12. The lowest BCUT2D eigenvalue weighted by atomic mass is 10.00. The van der Waals surface area contributed by atoms with Gasteiger partial charge in [0.05, 0.1) is 0 Å². The van der Waals surface area contributed by atoms with Crippen molar-refractivity contribution in [1.82, 2.24) is 4.98 Å². The van der Waals surface area contributed by atoms with Crippen molar-refractivity contribution in [2.45, 2.75) is 0 Å². The van der Waals surface area contributed by atoms with E-state index in [1.807, 2.05) is 11.3 Å². The Kier molecular flexibility index (Phi) is 2.17. The summed E-state index contributed by atoms with van der Waals surface area (Å²) in [6.07, 6.45) is 0. The number of aromatic nitrogens is 1. The summed E-state index contributed by atoms with van der Waals surface area (Å²) in [5, 5.41) is 8.06. The lowest BCUT2D eigenvalue weighted by Gasteiger charge is -2.04. The summed E-state index contributed by atoms with van der Waals surface area (Å²) >= 11 is 5.52. The fourth-order valence-electron chi connectivity index (χ4n) is 3.87. The van der Waals surface area contributed by atoms with Crippen molar-refractivity contribution >= 4 is 80.0 Å². The second-order valence-corrected chi connectivity index (χ2v) is 8.03. The molecular formula is C20H10BrNS. The van der Waals surface area contributed by atoms with Gasteiger partial charge in [-0.15, -0.1) is 11.3 Å². The molecule has 0 saturated carbocycles. The largest absolute Gasteiger partial charge is 0.354 e. The summed E-state index contributed by atoms with van der Waals surface area (Å²) in [4.78, 5) is 3.62. The Labute approximate surface area is 144 Å². The van der Waals surface area contributed by atoms with Crippen LogP contribution in [0.1, 0.15) is 0 Å². The first-order chi connectivity index (χ1) is 11.3. The zero-order chi connectivity index (χ0) is 15.1. The maximum Gasteiger partial charge on any atom is 0.0482 e. The molecule has 0 fully saturated rings. The van der Waals surface area contributed by atoms with E-state index in [1.54, 1.807) is 0 Å². The highest BCUT2D eigenvalue weighted by Crippen LogP contribution is 2.44. The molecule has 3 heteroatoms. The Hall–Kier alpha value is -2.10. The van der Waals surface area contributed by atoms with Gasteiger partial charge in [0.1, 0.15) is 0 Å². The Morgan fingerprint density at radius 1 is 0.783 bits per heavy atom. The summed E-state index contributed by atoms with van der Waals surface area (Å²) in [5.74, 6) is 0. The van der Waals surface area contributed by atoms with Gasteiger partial charge in [-0.2, -0.15) is 0 Å². The predicted molar refractivity (Wildman–Crippen MR) is 105 cm³/mol. The van der Waals surface area contributed by atoms with Crippen LogP contribution in [0, 0.1) is 0 Å². The summed E-state index contributed by atoms with van der Waals surface area (Å²) in [7, 11) is 0. The van der Waals surface area contributed by atoms with E-state index in [-0.39, 0.29) is 0 Å². The molecule has 0 radical (unpaired) electrons. The number of nitrogens with one attached hydrogen (secondary N) is 1. The molecule has 0 atom stereocenters. The average Bonchev–Trinajstić information content (AvgIpc) is 3.10. The van der Waals surface area contributed by atoms with Crippen molar-refractivity contribution in [3.8, 4) is 0 Å². The van der Waals surface area contributed by atoms with E-state index >= 15 is 0 Å². The lowest BCUT2D eigenvalue weighted by molar-refractivity contribution is 1.55. The SMILES string of the molecule is Brc1cc2ccc3c4sc5ccccc5c4cc4[nH]c(c1)c2c43. The maximum absolute atomic E-state index is 3.62. The molecule has 108 valence electrons. The van der Waals surface area contributed by atoms with Crippen molar-refractivity contribution in [3.63, 3.8) is 0 Å². The summed E-state index contributed by atoms with van der Waals surface area (Å²) in [6.45, 7) is 0. The van der Waals surface area contributed by atoms with Crippen LogP contribution in [-0.2, 0) is 0 Å². The number of thiophene rings is 1. The number of H-pyrrole nitrogens is 1. The van der Waals surface area contributed by atoms with Crippen LogP contribution in [0.15, 0.2) is 59.1 Å². The van der Waals surface area contributed by atoms with E-state index in [2.05, 4.69) is 75.5 Å². The molecule has 0 amide bonds. The third-order valence-corrected chi connectivity index (χ3v) is 6.47. The van der Waals surface area contributed by atoms with Crippen molar-refractivity contribution in [2.24, 2.45) is 0 Å². The zero-order valence-corrected chi connectivity index (χ0v) is 14.4. The van der Waals surface area contributed by atoms with Crippen molar-refractivity contribution in [2.75, 3.05) is 0 Å². The highest BCUT2D eigenvalue weighted by Gasteiger charge is 2.16. The number of rotatable bonds is 0. The molecule has 6 aromatic rings. The predicted octanol–water partition coefficient (Wildman–Crippen LogP) is 7.04. The molecule has 0 aliphatic heterocycles. The first kappa shape index (κ1) is 12.3. The molecule has 2 aromatic heterocycles. The fraction of sp³-hybridized carbons (Fsp3) is 0. The topological polar surface area (TPSA) is 15.8 Å². The van der Waals surface area contributed by atoms with Crippen LogP contribution in [0.5, 0.6) is 0 Å². The highest BCUT2D eigenvalue weighted by molar-refractivity contribution is 9.10. The van der Waals surface area contributed by atoms with Gasteiger partial charge in [0.25, 0.3) is 0 Å². The van der Waals surface area contributed by atoms with Crippen LogP contribution < -0.4 is 0 Å². The first-order valence-electron chi connectivity index (χ1n) is 7.57. The van der Waals surface area contributed by atoms with Gasteiger partial charge >= 0.3 is 0 Å². The smallest absolute Gasteiger partial charge is 0.0482 e. The monoisotopic (exact) mass is 375 g/mol. The van der Waals surface area contributed by atoms with Crippen LogP contribution in [0.3, 0.4) is 0 Å². The van der Waals surface area contributed by atoms with Crippen LogP contribution in [0.2, 0.25) is 0 Å². The molecule has 0 bridgehead atoms. The van der Waals surface area contributed by atoms with Crippen molar-refractivity contribution in [1.29, 1.82) is 0 Å². The van der Waals surface area contributed by atoms with Gasteiger partial charge in [0.2, 0.25) is 0 Å². The third-order valence-electron chi connectivity index (χ3n) is 4.79. The normalized spacial score (nSPS) is 12.6. The average molecular weight is 376 g/mol. The molecule has 1 nitrogen and oxygen atoms in total. The maximum atomic E-state index is 3.62. The van der Waals surface area contributed by atoms with E-state index in [0.29, 0.717) is 0 Å². The lowest BCUT2D eigenvalue weighted by Crippen LogP contribution is -1.77. The highest BCUT2D eigenvalue weighted by atomic mass is 79.9. The molecule has 6 rings (SSSR count). The second kappa shape index (κ2) is 4.05. The van der Waals surface area contributed by atoms with Gasteiger partial charge in [-0.05, 0) is 29.7 Å². The number of hydrogen-bond acceptors (Lipinski definition) is 1. The molecule has 0 saturated heterocycles. The second-order valence-electron chi connectivity index (χ2n) is 6.06. The molecule has 0 spiro atoms. The summed E-state index contributed by atoms with van der Waals surface area (Å²) in [5.41, 5.74) is 2.44. The third kappa shape index (κ3) is 1.47. The minimum atomic E-state index is 1.12. The van der Waals surface area contributed by atoms with E-state index < -0.39 is 0 Å². The Balaban J connectivity index is 1.98. The number of benzene rings is 4. The van der Waals surface area contributed by atoms with Crippen molar-refractivity contribution < 1.29 is 0 Å². The van der Waals surface area contributed by atoms with E-state index in [0.717, 1.165) is 4.47 Å². The van der Waals surface area contributed by atoms with Gasteiger partial charge in [-0.3, -0.25) is 0 Å². The van der Waals surface area contributed by atoms with E-state index in [1.165, 1.54) is 52.8 Å². The number of hydrogen-bond donors (Lipinski definition) is 1. The van der Waals surface area contributed by atoms with E-state index in [9.17, 15) is 0 Å².